The molecule has 0 heterocycles. The van der Waals surface area contributed by atoms with Crippen LogP contribution in [-0.4, -0.2) is 46.6 Å². The van der Waals surface area contributed by atoms with E-state index in [1.54, 1.807) is 0 Å². The molecule has 0 fully saturated rings. The second-order valence-electron chi connectivity index (χ2n) is 18.0. The van der Waals surface area contributed by atoms with E-state index < -0.39 is 7.32 Å². The minimum atomic E-state index is -2.46. The smallest absolute Gasteiger partial charge is 0.133 e. The molecular weight excluding hydrogens is 783 g/mol. The molecule has 5 nitrogen and oxygen atoms in total. The molecule has 0 aliphatic rings. The third-order valence-electron chi connectivity index (χ3n) is 12.2. The van der Waals surface area contributed by atoms with Crippen LogP contribution in [0, 0.1) is 27.7 Å². The minimum Gasteiger partial charge on any atom is -0.860 e. The van der Waals surface area contributed by atoms with Gasteiger partial charge in [0.1, 0.15) is 13.1 Å². The Bertz CT molecular complexity index is 1910. The van der Waals surface area contributed by atoms with E-state index in [9.17, 15) is 10.0 Å². The van der Waals surface area contributed by atoms with Crippen molar-refractivity contribution < 1.29 is 24.5 Å². The van der Waals surface area contributed by atoms with Gasteiger partial charge in [0.25, 0.3) is 0 Å². The number of hydrogen-bond donors (Lipinski definition) is 2. The van der Waals surface area contributed by atoms with Crippen molar-refractivity contribution in [2.75, 3.05) is 39.3 Å². The topological polar surface area (TPSA) is 64.2 Å². The number of hydrogen-bond acceptors (Lipinski definition) is 3. The predicted molar refractivity (Wildman–Crippen MR) is 274 cm³/mol. The Labute approximate surface area is 391 Å². The fourth-order valence-corrected chi connectivity index (χ4v) is 8.16. The van der Waals surface area contributed by atoms with Crippen molar-refractivity contribution in [3.05, 3.63) is 125 Å². The molecule has 0 unspecified atom stereocenters. The molecule has 64 heavy (non-hydrogen) atoms. The second kappa shape index (κ2) is 30.9. The van der Waals surface area contributed by atoms with Crippen molar-refractivity contribution in [1.82, 2.24) is 0 Å². The Balaban J connectivity index is 0.000000344. The molecule has 0 atom stereocenters. The van der Waals surface area contributed by atoms with Gasteiger partial charge in [0.15, 0.2) is 0 Å². The summed E-state index contributed by atoms with van der Waals surface area (Å²) in [5.74, 6) is 0.283. The molecule has 0 spiro atoms. The predicted octanol–water partition coefficient (Wildman–Crippen LogP) is 11.2. The number of quaternary nitrogens is 2. The summed E-state index contributed by atoms with van der Waals surface area (Å²) in [5.41, 5.74) is 12.0. The Kier molecular flexibility index (Phi) is 26.1. The highest BCUT2D eigenvalue weighted by molar-refractivity contribution is 6.30. The van der Waals surface area contributed by atoms with Gasteiger partial charge in [-0.05, 0) is 106 Å². The van der Waals surface area contributed by atoms with Gasteiger partial charge in [-0.15, -0.1) is 0 Å². The Morgan fingerprint density at radius 3 is 0.922 bits per heavy atom. The summed E-state index contributed by atoms with van der Waals surface area (Å²) in [6, 6.07) is 35.0. The first kappa shape index (κ1) is 54.1. The molecule has 5 aromatic rings. The highest BCUT2D eigenvalue weighted by atomic mass is 16.6. The maximum atomic E-state index is 11.9. The molecule has 0 aromatic heterocycles. The summed E-state index contributed by atoms with van der Waals surface area (Å²) < 4.78 is 5.50. The van der Waals surface area contributed by atoms with E-state index in [0.29, 0.717) is 0 Å². The third-order valence-corrected chi connectivity index (χ3v) is 12.2. The summed E-state index contributed by atoms with van der Waals surface area (Å²) >= 11 is 0. The lowest BCUT2D eigenvalue weighted by Gasteiger charge is -2.31. The van der Waals surface area contributed by atoms with Crippen LogP contribution in [0.15, 0.2) is 103 Å². The van der Waals surface area contributed by atoms with E-state index in [1.165, 1.54) is 122 Å². The molecular formula is C58H85BN2O3. The monoisotopic (exact) mass is 869 g/mol. The second-order valence-corrected chi connectivity index (χ2v) is 18.0. The third kappa shape index (κ3) is 18.7. The highest BCUT2D eigenvalue weighted by Gasteiger charge is 2.23. The van der Waals surface area contributed by atoms with Crippen LogP contribution in [0.3, 0.4) is 0 Å². The molecule has 0 radical (unpaired) electrons. The number of nitrogens with one attached hydrogen (secondary N) is 2. The SMILES string of the molecule is CCCC[NH+](CCCC)CCCC.CCCC[NH+](CCCC)CCCC.Cc1ccc(-c2cc(OB([O-])[O-])c(-c3ccc(C)cc3)c(-c3ccc(C)cc3)c2-c2ccc(C)cc2)cc1. The highest BCUT2D eigenvalue weighted by Crippen LogP contribution is 2.50. The molecule has 5 rings (SSSR count). The van der Waals surface area contributed by atoms with Crippen LogP contribution >= 0.6 is 0 Å². The first-order valence-electron chi connectivity index (χ1n) is 25.1. The first-order chi connectivity index (χ1) is 31.0. The number of benzene rings is 5. The summed E-state index contributed by atoms with van der Waals surface area (Å²) in [5, 5.41) is 23.9. The van der Waals surface area contributed by atoms with Gasteiger partial charge in [-0.2, -0.15) is 0 Å². The molecule has 0 bridgehead atoms. The van der Waals surface area contributed by atoms with Gasteiger partial charge in [0.05, 0.1) is 39.3 Å². The van der Waals surface area contributed by atoms with E-state index >= 15 is 0 Å². The van der Waals surface area contributed by atoms with E-state index in [4.69, 9.17) is 4.65 Å². The normalized spacial score (nSPS) is 11.0. The Hall–Kier alpha value is -4.20. The van der Waals surface area contributed by atoms with E-state index in [1.807, 2.05) is 47.1 Å². The van der Waals surface area contributed by atoms with Crippen LogP contribution in [-0.2, 0) is 0 Å². The molecule has 0 amide bonds. The molecule has 0 saturated heterocycles. The first-order valence-corrected chi connectivity index (χ1v) is 25.1. The molecule has 2 N–H and O–H groups in total. The zero-order valence-electron chi connectivity index (χ0n) is 41.8. The number of rotatable bonds is 24. The lowest BCUT2D eigenvalue weighted by molar-refractivity contribution is -0.900. The zero-order valence-corrected chi connectivity index (χ0v) is 41.8. The van der Waals surface area contributed by atoms with Gasteiger partial charge in [-0.25, -0.2) is 0 Å². The van der Waals surface area contributed by atoms with Crippen molar-refractivity contribution in [1.29, 1.82) is 0 Å². The summed E-state index contributed by atoms with van der Waals surface area (Å²) in [4.78, 5) is 3.68. The van der Waals surface area contributed by atoms with Crippen LogP contribution in [0.1, 0.15) is 141 Å². The van der Waals surface area contributed by atoms with Gasteiger partial charge in [-0.3, -0.25) is 0 Å². The molecule has 0 aliphatic carbocycles. The Morgan fingerprint density at radius 1 is 0.375 bits per heavy atom. The summed E-state index contributed by atoms with van der Waals surface area (Å²) in [6.45, 7) is 30.3. The summed E-state index contributed by atoms with van der Waals surface area (Å²) in [7, 11) is -2.46. The van der Waals surface area contributed by atoms with E-state index in [-0.39, 0.29) is 5.75 Å². The fourth-order valence-electron chi connectivity index (χ4n) is 8.16. The average Bonchev–Trinajstić information content (AvgIpc) is 3.29. The molecule has 0 aliphatic heterocycles. The van der Waals surface area contributed by atoms with Gasteiger partial charge in [0, 0.05) is 11.1 Å². The van der Waals surface area contributed by atoms with Gasteiger partial charge >= 0.3 is 0 Å². The maximum Gasteiger partial charge on any atom is 0.133 e. The van der Waals surface area contributed by atoms with Crippen molar-refractivity contribution in [3.8, 4) is 50.3 Å². The standard InChI is InChI=1S/C34H29BO3.2C12H27N/c1-22-5-13-26(14-6-22)30-21-31(38-35(36)37)33(28-17-9-24(3)10-18-28)34(29-19-11-25(4)12-20-29)32(30)27-15-7-23(2)8-16-27;2*1-4-7-10-13(11-8-5-2)12-9-6-3/h5-21H,1-4H3;2*4-12H2,1-3H3/q-2;;/p+2. The van der Waals surface area contributed by atoms with Crippen molar-refractivity contribution >= 4 is 7.32 Å². The quantitative estimate of drug-likeness (QED) is 0.0607. The van der Waals surface area contributed by atoms with Crippen LogP contribution in [0.25, 0.3) is 44.5 Å². The van der Waals surface area contributed by atoms with Crippen LogP contribution < -0.4 is 24.5 Å². The largest absolute Gasteiger partial charge is 0.860 e. The van der Waals surface area contributed by atoms with Gasteiger partial charge in [-0.1, -0.05) is 199 Å². The number of unbranched alkanes of at least 4 members (excludes halogenated alkanes) is 6. The van der Waals surface area contributed by atoms with Gasteiger partial charge in [0.2, 0.25) is 0 Å². The zero-order chi connectivity index (χ0) is 46.7. The molecule has 0 saturated carbocycles. The van der Waals surface area contributed by atoms with Crippen LogP contribution in [0.5, 0.6) is 5.75 Å². The number of aryl methyl sites for hydroxylation is 4. The molecule has 5 aromatic carbocycles. The molecule has 6 heteroatoms. The van der Waals surface area contributed by atoms with E-state index in [2.05, 4.69) is 135 Å². The Morgan fingerprint density at radius 2 is 0.641 bits per heavy atom. The van der Waals surface area contributed by atoms with E-state index in [0.717, 1.165) is 61.2 Å². The summed E-state index contributed by atoms with van der Waals surface area (Å²) in [6.07, 6.45) is 16.5. The van der Waals surface area contributed by atoms with Crippen LogP contribution in [0.4, 0.5) is 0 Å². The lowest BCUT2D eigenvalue weighted by Crippen LogP contribution is -3.12. The van der Waals surface area contributed by atoms with Crippen molar-refractivity contribution in [2.24, 2.45) is 0 Å². The minimum absolute atomic E-state index is 0.283. The molecule has 348 valence electrons. The lowest BCUT2D eigenvalue weighted by atomic mass is 9.81. The van der Waals surface area contributed by atoms with Crippen LogP contribution in [0.2, 0.25) is 0 Å². The van der Waals surface area contributed by atoms with Gasteiger partial charge < -0.3 is 24.5 Å². The maximum absolute atomic E-state index is 11.9. The fraction of sp³-hybridized carbons (Fsp3) is 0.483. The van der Waals surface area contributed by atoms with Crippen molar-refractivity contribution in [3.63, 3.8) is 0 Å². The average molecular weight is 869 g/mol. The van der Waals surface area contributed by atoms with Crippen molar-refractivity contribution in [2.45, 2.75) is 146 Å².